The molecular formula is C33H35NO9. The second-order valence-electron chi connectivity index (χ2n) is 13.6. The summed E-state index contributed by atoms with van der Waals surface area (Å²) >= 11 is 0. The van der Waals surface area contributed by atoms with Gasteiger partial charge in [0.15, 0.2) is 46.2 Å². The summed E-state index contributed by atoms with van der Waals surface area (Å²) in [6.45, 7) is 9.19. The molecule has 0 aromatic heterocycles. The van der Waals surface area contributed by atoms with E-state index in [0.717, 1.165) is 5.56 Å². The number of carbonyl (C=O) groups excluding carboxylic acids is 5. The van der Waals surface area contributed by atoms with E-state index < -0.39 is 75.6 Å². The van der Waals surface area contributed by atoms with E-state index in [1.807, 2.05) is 32.9 Å². The van der Waals surface area contributed by atoms with Gasteiger partial charge in [-0.3, -0.25) is 24.0 Å². The van der Waals surface area contributed by atoms with Crippen LogP contribution in [0.1, 0.15) is 62.5 Å². The topological polar surface area (TPSA) is 170 Å². The van der Waals surface area contributed by atoms with E-state index >= 15 is 0 Å². The number of aliphatic hydroxyl groups is 1. The highest BCUT2D eigenvalue weighted by Crippen LogP contribution is 2.55. The monoisotopic (exact) mass is 589 g/mol. The molecule has 43 heavy (non-hydrogen) atoms. The lowest BCUT2D eigenvalue weighted by Crippen LogP contribution is -2.71. The smallest absolute Gasteiger partial charge is 0.235 e. The third-order valence-corrected chi connectivity index (χ3v) is 9.80. The predicted octanol–water partition coefficient (Wildman–Crippen LogP) is 2.90. The molecule has 0 spiro atoms. The fraction of sp³-hybridized carbons (Fsp3) is 0.485. The van der Waals surface area contributed by atoms with Crippen LogP contribution in [0.25, 0.3) is 11.1 Å². The maximum Gasteiger partial charge on any atom is 0.235 e. The number of ether oxygens (including phenoxy) is 2. The first-order chi connectivity index (χ1) is 20.1. The van der Waals surface area contributed by atoms with Crippen LogP contribution in [0, 0.1) is 35.5 Å². The maximum atomic E-state index is 14.3. The number of fused-ring (bicyclic) bond motifs is 4. The highest BCUT2D eigenvalue weighted by molar-refractivity contribution is 6.32. The number of hydrogen-bond acceptors (Lipinski definition) is 9. The van der Waals surface area contributed by atoms with Crippen molar-refractivity contribution in [1.82, 2.24) is 0 Å². The van der Waals surface area contributed by atoms with Crippen molar-refractivity contribution >= 4 is 29.0 Å². The number of nitrogens with two attached hydrogens (primary N) is 1. The van der Waals surface area contributed by atoms with Gasteiger partial charge in [-0.15, -0.1) is 0 Å². The molecule has 10 heteroatoms. The summed E-state index contributed by atoms with van der Waals surface area (Å²) in [5.74, 6) is -10.7. The first kappa shape index (κ1) is 29.0. The van der Waals surface area contributed by atoms with Gasteiger partial charge in [0.05, 0.1) is 11.5 Å². The maximum absolute atomic E-state index is 14.3. The molecule has 6 rings (SSSR count). The summed E-state index contributed by atoms with van der Waals surface area (Å²) in [7, 11) is 0. The minimum absolute atomic E-state index is 0.0201. The lowest BCUT2D eigenvalue weighted by atomic mass is 9.49. The van der Waals surface area contributed by atoms with Gasteiger partial charge in [-0.1, -0.05) is 40.7 Å². The summed E-state index contributed by atoms with van der Waals surface area (Å²) in [6, 6.07) is 7.26. The van der Waals surface area contributed by atoms with Crippen molar-refractivity contribution in [2.45, 2.75) is 58.5 Å². The molecule has 1 heterocycles. The van der Waals surface area contributed by atoms with Crippen LogP contribution in [0.3, 0.4) is 0 Å². The molecule has 0 saturated heterocycles. The molecule has 3 aliphatic carbocycles. The summed E-state index contributed by atoms with van der Waals surface area (Å²) in [6.07, 6.45) is 0.199. The third-order valence-electron chi connectivity index (χ3n) is 9.80. The second kappa shape index (κ2) is 9.47. The predicted molar refractivity (Wildman–Crippen MR) is 152 cm³/mol. The Morgan fingerprint density at radius 2 is 1.72 bits per heavy atom. The van der Waals surface area contributed by atoms with E-state index in [9.17, 15) is 34.2 Å². The molecule has 4 N–H and O–H groups in total. The first-order valence-corrected chi connectivity index (χ1v) is 14.6. The number of ketones is 4. The Morgan fingerprint density at radius 1 is 1.05 bits per heavy atom. The Bertz CT molecular complexity index is 1630. The molecule has 4 aliphatic rings. The van der Waals surface area contributed by atoms with E-state index in [-0.39, 0.29) is 30.9 Å². The lowest BCUT2D eigenvalue weighted by Gasteiger charge is -2.52. The largest absolute Gasteiger partial charge is 0.507 e. The summed E-state index contributed by atoms with van der Waals surface area (Å²) in [5, 5.41) is 23.4. The first-order valence-electron chi connectivity index (χ1n) is 14.6. The summed E-state index contributed by atoms with van der Waals surface area (Å²) in [4.78, 5) is 67.7. The molecule has 2 aromatic carbocycles. The molecule has 226 valence electrons. The van der Waals surface area contributed by atoms with Crippen molar-refractivity contribution in [2.24, 2.45) is 41.2 Å². The van der Waals surface area contributed by atoms with E-state index in [2.05, 4.69) is 0 Å². The number of benzene rings is 2. The van der Waals surface area contributed by atoms with Crippen LogP contribution < -0.4 is 15.2 Å². The fourth-order valence-electron chi connectivity index (χ4n) is 7.81. The van der Waals surface area contributed by atoms with Gasteiger partial charge in [0.1, 0.15) is 5.75 Å². The molecule has 0 radical (unpaired) electrons. The standard InChI is InChI=1S/C33H35NO9/c1-13(2)22-18-9-15-8-17-16(14-6-7-20-21(10-14)43-12-42-20)11-19(32(3,4)5)26(35)24(17)28(37)23(15)29(38)33(18,41)30(39)25(27(22)36)31(34)40/h6-7,10-11,13,15,18,22-23,25,35,41H,8-9,12H2,1-5H3,(H2,34,40)/t15-,18-,22-,23?,25?,33-/m0/s1. The second-order valence-corrected chi connectivity index (χ2v) is 13.6. The van der Waals surface area contributed by atoms with Crippen LogP contribution in [0.4, 0.5) is 0 Å². The zero-order valence-electron chi connectivity index (χ0n) is 24.7. The Labute approximate surface area is 248 Å². The molecule has 10 nitrogen and oxygen atoms in total. The fourth-order valence-corrected chi connectivity index (χ4v) is 7.81. The van der Waals surface area contributed by atoms with Gasteiger partial charge in [0, 0.05) is 17.4 Å². The number of Topliss-reactive ketones (excluding diaryl/α,β-unsaturated/α-hetero) is 4. The van der Waals surface area contributed by atoms with E-state index in [1.54, 1.807) is 26.0 Å². The number of hydrogen-bond donors (Lipinski definition) is 3. The quantitative estimate of drug-likeness (QED) is 0.456. The molecule has 2 fully saturated rings. The van der Waals surface area contributed by atoms with Gasteiger partial charge in [-0.05, 0) is 65.0 Å². The number of phenols is 1. The highest BCUT2D eigenvalue weighted by Gasteiger charge is 2.69. The number of carbonyl (C=O) groups is 5. The molecule has 2 unspecified atom stereocenters. The molecule has 2 aromatic rings. The van der Waals surface area contributed by atoms with Crippen LogP contribution in [0.15, 0.2) is 24.3 Å². The van der Waals surface area contributed by atoms with Crippen molar-refractivity contribution in [3.8, 4) is 28.4 Å². The average molecular weight is 590 g/mol. The Morgan fingerprint density at radius 3 is 2.35 bits per heavy atom. The average Bonchev–Trinajstić information content (AvgIpc) is 3.38. The van der Waals surface area contributed by atoms with E-state index in [0.29, 0.717) is 28.2 Å². The lowest BCUT2D eigenvalue weighted by molar-refractivity contribution is -0.182. The number of aromatic hydroxyl groups is 1. The van der Waals surface area contributed by atoms with Crippen LogP contribution in [0.2, 0.25) is 0 Å². The van der Waals surface area contributed by atoms with Crippen LogP contribution in [-0.4, -0.2) is 51.6 Å². The van der Waals surface area contributed by atoms with Crippen LogP contribution in [0.5, 0.6) is 17.2 Å². The normalized spacial score (nSPS) is 29.8. The number of phenolic OH excluding ortho intramolecular Hbond substituents is 1. The van der Waals surface area contributed by atoms with Crippen molar-refractivity contribution in [2.75, 3.05) is 6.79 Å². The number of rotatable bonds is 3. The van der Waals surface area contributed by atoms with Crippen molar-refractivity contribution in [1.29, 1.82) is 0 Å². The number of primary amides is 1. The van der Waals surface area contributed by atoms with Gasteiger partial charge < -0.3 is 25.4 Å². The van der Waals surface area contributed by atoms with Gasteiger partial charge in [0.25, 0.3) is 0 Å². The van der Waals surface area contributed by atoms with Crippen LogP contribution in [-0.2, 0) is 31.0 Å². The SMILES string of the molecule is CC(C)[C@@H]1C(=O)C(C(N)=O)C(=O)[C@@]2(O)C(=O)C3C(=O)c4c(O)c(C(C)(C)C)cc(-c5ccc6c(c5)OCO6)c4C[C@H]3C[C@@H]12. The molecule has 1 aliphatic heterocycles. The highest BCUT2D eigenvalue weighted by atomic mass is 16.7. The van der Waals surface area contributed by atoms with Crippen molar-refractivity contribution in [3.63, 3.8) is 0 Å². The zero-order valence-corrected chi connectivity index (χ0v) is 24.7. The van der Waals surface area contributed by atoms with Crippen molar-refractivity contribution < 1.29 is 43.7 Å². The van der Waals surface area contributed by atoms with Crippen molar-refractivity contribution in [3.05, 3.63) is 41.0 Å². The minimum Gasteiger partial charge on any atom is -0.507 e. The zero-order chi connectivity index (χ0) is 31.3. The Hall–Kier alpha value is -4.05. The number of amides is 1. The van der Waals surface area contributed by atoms with Crippen LogP contribution >= 0.6 is 0 Å². The molecule has 6 atom stereocenters. The van der Waals surface area contributed by atoms with Gasteiger partial charge in [0.2, 0.25) is 12.7 Å². The third kappa shape index (κ3) is 3.98. The van der Waals surface area contributed by atoms with Gasteiger partial charge in [-0.25, -0.2) is 0 Å². The minimum atomic E-state index is -2.73. The van der Waals surface area contributed by atoms with E-state index in [4.69, 9.17) is 15.2 Å². The van der Waals surface area contributed by atoms with Gasteiger partial charge in [-0.2, -0.15) is 0 Å². The Kier molecular flexibility index (Phi) is 6.40. The molecule has 0 bridgehead atoms. The molecular weight excluding hydrogens is 554 g/mol. The summed E-state index contributed by atoms with van der Waals surface area (Å²) < 4.78 is 11.1. The van der Waals surface area contributed by atoms with Gasteiger partial charge >= 0.3 is 0 Å². The van der Waals surface area contributed by atoms with E-state index in [1.165, 1.54) is 0 Å². The molecule has 2 saturated carbocycles. The molecule has 1 amide bonds. The Balaban J connectivity index is 1.54. The summed E-state index contributed by atoms with van der Waals surface area (Å²) in [5.41, 5.74) is 4.50.